The van der Waals surface area contributed by atoms with Crippen molar-refractivity contribution in [3.05, 3.63) is 22.0 Å². The molecule has 1 amide bonds. The first-order valence-corrected chi connectivity index (χ1v) is 7.23. The third kappa shape index (κ3) is 4.01. The molecule has 1 fully saturated rings. The van der Waals surface area contributed by atoms with Crippen LogP contribution in [0.15, 0.2) is 6.20 Å². The van der Waals surface area contributed by atoms with Crippen molar-refractivity contribution < 1.29 is 14.8 Å². The molecule has 0 radical (unpaired) electrons. The molecule has 1 aliphatic carbocycles. The minimum absolute atomic E-state index is 0.127. The van der Waals surface area contributed by atoms with Crippen LogP contribution in [0, 0.1) is 16.0 Å². The summed E-state index contributed by atoms with van der Waals surface area (Å²) in [5, 5.41) is 29.0. The standard InChI is InChI=1S/C13H20N4O4/c18-11-6-2-1-4-9(11)5-3-7-14-13(19)12-10(17(20)21)8-15-16-12/h8-9,11,18H,1-7H2,(H,14,19)(H,15,16). The second kappa shape index (κ2) is 7.16. The van der Waals surface area contributed by atoms with E-state index in [-0.39, 0.29) is 17.5 Å². The lowest BCUT2D eigenvalue weighted by Gasteiger charge is -2.27. The van der Waals surface area contributed by atoms with E-state index in [1.807, 2.05) is 0 Å². The van der Waals surface area contributed by atoms with Crippen molar-refractivity contribution in [3.8, 4) is 0 Å². The summed E-state index contributed by atoms with van der Waals surface area (Å²) in [6.45, 7) is 0.429. The molecule has 0 saturated heterocycles. The van der Waals surface area contributed by atoms with Gasteiger partial charge in [-0.3, -0.25) is 20.0 Å². The van der Waals surface area contributed by atoms with Crippen LogP contribution in [0.2, 0.25) is 0 Å². The zero-order chi connectivity index (χ0) is 15.2. The number of hydrogen-bond acceptors (Lipinski definition) is 5. The van der Waals surface area contributed by atoms with Gasteiger partial charge < -0.3 is 10.4 Å². The summed E-state index contributed by atoms with van der Waals surface area (Å²) in [4.78, 5) is 21.9. The summed E-state index contributed by atoms with van der Waals surface area (Å²) in [5.74, 6) is -0.222. The van der Waals surface area contributed by atoms with Crippen molar-refractivity contribution in [2.24, 2.45) is 5.92 Å². The molecule has 0 aromatic carbocycles. The minimum Gasteiger partial charge on any atom is -0.393 e. The first kappa shape index (κ1) is 15.4. The van der Waals surface area contributed by atoms with Crippen LogP contribution in [0.4, 0.5) is 5.69 Å². The number of carbonyl (C=O) groups excluding carboxylic acids is 1. The summed E-state index contributed by atoms with van der Waals surface area (Å²) < 4.78 is 0. The summed E-state index contributed by atoms with van der Waals surface area (Å²) in [7, 11) is 0. The lowest BCUT2D eigenvalue weighted by atomic mass is 9.83. The van der Waals surface area contributed by atoms with E-state index in [0.29, 0.717) is 12.5 Å². The summed E-state index contributed by atoms with van der Waals surface area (Å²) in [6, 6.07) is 0. The van der Waals surface area contributed by atoms with Crippen LogP contribution in [0.5, 0.6) is 0 Å². The van der Waals surface area contributed by atoms with Crippen LogP contribution in [-0.2, 0) is 0 Å². The maximum Gasteiger partial charge on any atom is 0.319 e. The molecule has 2 unspecified atom stereocenters. The number of nitrogens with one attached hydrogen (secondary N) is 2. The highest BCUT2D eigenvalue weighted by atomic mass is 16.6. The number of nitrogens with zero attached hydrogens (tertiary/aromatic N) is 2. The van der Waals surface area contributed by atoms with Gasteiger partial charge in [-0.2, -0.15) is 5.10 Å². The Kier molecular flexibility index (Phi) is 5.26. The van der Waals surface area contributed by atoms with Gasteiger partial charge in [0.15, 0.2) is 0 Å². The maximum atomic E-state index is 11.8. The molecular formula is C13H20N4O4. The number of aliphatic hydroxyl groups is 1. The number of carbonyl (C=O) groups is 1. The molecule has 2 rings (SSSR count). The van der Waals surface area contributed by atoms with Crippen molar-refractivity contribution in [3.63, 3.8) is 0 Å². The van der Waals surface area contributed by atoms with Gasteiger partial charge in [-0.1, -0.05) is 12.8 Å². The summed E-state index contributed by atoms with van der Waals surface area (Å²) in [6.07, 6.45) is 6.50. The fourth-order valence-electron chi connectivity index (χ4n) is 2.76. The van der Waals surface area contributed by atoms with Crippen LogP contribution < -0.4 is 5.32 Å². The van der Waals surface area contributed by atoms with Gasteiger partial charge in [0.1, 0.15) is 6.20 Å². The third-order valence-corrected chi connectivity index (χ3v) is 3.95. The van der Waals surface area contributed by atoms with E-state index in [4.69, 9.17) is 0 Å². The number of hydrogen-bond donors (Lipinski definition) is 3. The molecule has 1 heterocycles. The van der Waals surface area contributed by atoms with E-state index in [0.717, 1.165) is 44.7 Å². The van der Waals surface area contributed by atoms with Gasteiger partial charge >= 0.3 is 5.69 Å². The minimum atomic E-state index is -0.642. The monoisotopic (exact) mass is 296 g/mol. The number of aromatic nitrogens is 2. The molecule has 1 aromatic rings. The van der Waals surface area contributed by atoms with Crippen LogP contribution in [0.1, 0.15) is 49.0 Å². The average molecular weight is 296 g/mol. The molecule has 0 bridgehead atoms. The molecule has 1 aromatic heterocycles. The molecule has 8 nitrogen and oxygen atoms in total. The highest BCUT2D eigenvalue weighted by Crippen LogP contribution is 2.27. The number of H-pyrrole nitrogens is 1. The lowest BCUT2D eigenvalue weighted by Crippen LogP contribution is -2.28. The summed E-state index contributed by atoms with van der Waals surface area (Å²) >= 11 is 0. The zero-order valence-corrected chi connectivity index (χ0v) is 11.7. The van der Waals surface area contributed by atoms with Crippen molar-refractivity contribution in [1.29, 1.82) is 0 Å². The fraction of sp³-hybridized carbons (Fsp3) is 0.692. The quantitative estimate of drug-likeness (QED) is 0.416. The molecule has 3 N–H and O–H groups in total. The Labute approximate surface area is 122 Å². The molecule has 2 atom stereocenters. The van der Waals surface area contributed by atoms with Gasteiger partial charge in [-0.15, -0.1) is 0 Å². The number of amides is 1. The van der Waals surface area contributed by atoms with Gasteiger partial charge in [0.2, 0.25) is 5.69 Å². The topological polar surface area (TPSA) is 121 Å². The Morgan fingerprint density at radius 2 is 2.29 bits per heavy atom. The van der Waals surface area contributed by atoms with Crippen LogP contribution in [0.25, 0.3) is 0 Å². The Morgan fingerprint density at radius 3 is 3.00 bits per heavy atom. The van der Waals surface area contributed by atoms with E-state index in [9.17, 15) is 20.0 Å². The van der Waals surface area contributed by atoms with Crippen LogP contribution in [-0.4, -0.2) is 38.8 Å². The Balaban J connectivity index is 1.74. The number of nitro groups is 1. The lowest BCUT2D eigenvalue weighted by molar-refractivity contribution is -0.385. The predicted octanol–water partition coefficient (Wildman–Crippen LogP) is 1.38. The summed E-state index contributed by atoms with van der Waals surface area (Å²) in [5.41, 5.74) is -0.451. The van der Waals surface area contributed by atoms with E-state index in [1.54, 1.807) is 0 Å². The highest BCUT2D eigenvalue weighted by molar-refractivity contribution is 5.95. The Morgan fingerprint density at radius 1 is 1.52 bits per heavy atom. The normalized spacial score (nSPS) is 22.0. The van der Waals surface area contributed by atoms with Crippen molar-refractivity contribution in [2.45, 2.75) is 44.6 Å². The second-order valence-electron chi connectivity index (χ2n) is 5.40. The van der Waals surface area contributed by atoms with Gasteiger partial charge in [-0.25, -0.2) is 0 Å². The number of rotatable bonds is 6. The van der Waals surface area contributed by atoms with Gasteiger partial charge in [-0.05, 0) is 31.6 Å². The van der Waals surface area contributed by atoms with E-state index in [2.05, 4.69) is 15.5 Å². The average Bonchev–Trinajstić information content (AvgIpc) is 2.95. The van der Waals surface area contributed by atoms with Gasteiger partial charge in [0.05, 0.1) is 11.0 Å². The van der Waals surface area contributed by atoms with E-state index in [1.165, 1.54) is 0 Å². The first-order chi connectivity index (χ1) is 10.1. The predicted molar refractivity (Wildman–Crippen MR) is 74.8 cm³/mol. The smallest absolute Gasteiger partial charge is 0.319 e. The molecule has 116 valence electrons. The molecule has 0 spiro atoms. The van der Waals surface area contributed by atoms with Crippen molar-refractivity contribution in [1.82, 2.24) is 15.5 Å². The van der Waals surface area contributed by atoms with Gasteiger partial charge in [0, 0.05) is 6.54 Å². The number of aliphatic hydroxyl groups excluding tert-OH is 1. The first-order valence-electron chi connectivity index (χ1n) is 7.23. The van der Waals surface area contributed by atoms with E-state index >= 15 is 0 Å². The zero-order valence-electron chi connectivity index (χ0n) is 11.7. The van der Waals surface area contributed by atoms with Gasteiger partial charge in [0.25, 0.3) is 5.91 Å². The molecule has 21 heavy (non-hydrogen) atoms. The third-order valence-electron chi connectivity index (χ3n) is 3.95. The Hall–Kier alpha value is -1.96. The molecule has 0 aliphatic heterocycles. The largest absolute Gasteiger partial charge is 0.393 e. The molecule has 1 aliphatic rings. The number of aromatic amines is 1. The van der Waals surface area contributed by atoms with Crippen LogP contribution >= 0.6 is 0 Å². The highest BCUT2D eigenvalue weighted by Gasteiger charge is 2.24. The van der Waals surface area contributed by atoms with Crippen molar-refractivity contribution >= 4 is 11.6 Å². The second-order valence-corrected chi connectivity index (χ2v) is 5.40. The van der Waals surface area contributed by atoms with Crippen LogP contribution in [0.3, 0.4) is 0 Å². The SMILES string of the molecule is O=C(NCCCC1CCCCC1O)c1[nH]ncc1[N+](=O)[O-]. The molecule has 1 saturated carbocycles. The van der Waals surface area contributed by atoms with E-state index < -0.39 is 10.8 Å². The maximum absolute atomic E-state index is 11.8. The molecule has 8 heteroatoms. The fourth-order valence-corrected chi connectivity index (χ4v) is 2.76. The molecular weight excluding hydrogens is 276 g/mol. The van der Waals surface area contributed by atoms with Crippen molar-refractivity contribution in [2.75, 3.05) is 6.54 Å². The Bertz CT molecular complexity index is 502.